The number of para-hydroxylation sites is 1. The summed E-state index contributed by atoms with van der Waals surface area (Å²) in [5.74, 6) is -0.542. The maximum atomic E-state index is 12.3. The number of rotatable bonds is 8. The van der Waals surface area contributed by atoms with Gasteiger partial charge in [0.1, 0.15) is 5.75 Å². The van der Waals surface area contributed by atoms with Crippen LogP contribution < -0.4 is 15.4 Å². The minimum atomic E-state index is -1.20. The molecule has 0 aromatic heterocycles. The first-order valence-electron chi connectivity index (χ1n) is 8.55. The highest BCUT2D eigenvalue weighted by atomic mass is 16.5. The van der Waals surface area contributed by atoms with Crippen molar-refractivity contribution in [2.45, 2.75) is 18.9 Å². The molecule has 2 aromatic carbocycles. The second-order valence-corrected chi connectivity index (χ2v) is 5.61. The van der Waals surface area contributed by atoms with E-state index >= 15 is 0 Å². The largest absolute Gasteiger partial charge is 0.494 e. The molecular weight excluding hydrogens is 348 g/mol. The molecule has 0 radical (unpaired) electrons. The molecule has 1 atom stereocenters. The number of hydrogen-bond donors (Lipinski definition) is 2. The average Bonchev–Trinajstić information content (AvgIpc) is 2.70. The zero-order chi connectivity index (χ0) is 19.5. The molecule has 7 heteroatoms. The Morgan fingerprint density at radius 2 is 1.59 bits per heavy atom. The number of urea groups is 1. The van der Waals surface area contributed by atoms with Gasteiger partial charge in [-0.05, 0) is 18.6 Å². The lowest BCUT2D eigenvalue weighted by molar-refractivity contribution is -0.156. The van der Waals surface area contributed by atoms with Crippen LogP contribution in [0.3, 0.4) is 0 Å². The Bertz CT molecular complexity index is 749. The fourth-order valence-corrected chi connectivity index (χ4v) is 2.25. The minimum absolute atomic E-state index is 0.0867. The van der Waals surface area contributed by atoms with Gasteiger partial charge in [0, 0.05) is 19.0 Å². The second-order valence-electron chi connectivity index (χ2n) is 5.61. The monoisotopic (exact) mass is 370 g/mol. The summed E-state index contributed by atoms with van der Waals surface area (Å²) in [5, 5.41) is 4.42. The predicted octanol–water partition coefficient (Wildman–Crippen LogP) is 2.59. The predicted molar refractivity (Wildman–Crippen MR) is 99.0 cm³/mol. The lowest BCUT2D eigenvalue weighted by atomic mass is 10.1. The molecule has 2 N–H and O–H groups in total. The Kier molecular flexibility index (Phi) is 7.84. The fourth-order valence-electron chi connectivity index (χ4n) is 2.25. The first kappa shape index (κ1) is 20.0. The van der Waals surface area contributed by atoms with Crippen LogP contribution in [0.15, 0.2) is 60.7 Å². The van der Waals surface area contributed by atoms with Crippen LogP contribution in [-0.2, 0) is 14.3 Å². The molecule has 0 aliphatic heterocycles. The van der Waals surface area contributed by atoms with Gasteiger partial charge in [-0.15, -0.1) is 0 Å². The second kappa shape index (κ2) is 10.6. The van der Waals surface area contributed by atoms with E-state index in [1.807, 2.05) is 30.3 Å². The highest BCUT2D eigenvalue weighted by Gasteiger charge is 2.26. The maximum Gasteiger partial charge on any atom is 0.321 e. The molecule has 27 heavy (non-hydrogen) atoms. The third-order valence-corrected chi connectivity index (χ3v) is 3.59. The molecule has 0 saturated carbocycles. The lowest BCUT2D eigenvalue weighted by Gasteiger charge is -2.17. The van der Waals surface area contributed by atoms with Crippen LogP contribution >= 0.6 is 0 Å². The van der Waals surface area contributed by atoms with Crippen LogP contribution in [-0.4, -0.2) is 31.6 Å². The summed E-state index contributed by atoms with van der Waals surface area (Å²) >= 11 is 0. The van der Waals surface area contributed by atoms with E-state index in [9.17, 15) is 14.4 Å². The zero-order valence-corrected chi connectivity index (χ0v) is 15.0. The van der Waals surface area contributed by atoms with E-state index in [1.165, 1.54) is 7.05 Å². The molecule has 2 rings (SSSR count). The average molecular weight is 370 g/mol. The molecule has 0 aliphatic carbocycles. The summed E-state index contributed by atoms with van der Waals surface area (Å²) in [6, 6.07) is 17.1. The van der Waals surface area contributed by atoms with E-state index in [2.05, 4.69) is 10.6 Å². The van der Waals surface area contributed by atoms with Crippen molar-refractivity contribution in [3.05, 3.63) is 66.2 Å². The highest BCUT2D eigenvalue weighted by molar-refractivity contribution is 5.97. The quantitative estimate of drug-likeness (QED) is 0.550. The first-order valence-corrected chi connectivity index (χ1v) is 8.55. The van der Waals surface area contributed by atoms with Gasteiger partial charge in [0.2, 0.25) is 6.10 Å². The summed E-state index contributed by atoms with van der Waals surface area (Å²) < 4.78 is 10.8. The number of ether oxygens (including phenoxy) is 2. The number of nitrogens with one attached hydrogen (secondary N) is 2. The summed E-state index contributed by atoms with van der Waals surface area (Å²) in [4.78, 5) is 35.8. The molecule has 0 fully saturated rings. The molecule has 7 nitrogen and oxygen atoms in total. The number of amides is 3. The lowest BCUT2D eigenvalue weighted by Crippen LogP contribution is -2.41. The van der Waals surface area contributed by atoms with E-state index < -0.39 is 24.0 Å². The van der Waals surface area contributed by atoms with Gasteiger partial charge in [0.15, 0.2) is 0 Å². The first-order chi connectivity index (χ1) is 13.1. The van der Waals surface area contributed by atoms with Gasteiger partial charge in [0.05, 0.1) is 6.61 Å². The molecule has 0 heterocycles. The Morgan fingerprint density at radius 1 is 0.963 bits per heavy atom. The number of imide groups is 1. The number of carbonyl (C=O) groups excluding carboxylic acids is 3. The van der Waals surface area contributed by atoms with E-state index in [4.69, 9.17) is 9.47 Å². The molecule has 0 aliphatic rings. The van der Waals surface area contributed by atoms with Crippen molar-refractivity contribution in [3.8, 4) is 5.75 Å². The third kappa shape index (κ3) is 6.81. The van der Waals surface area contributed by atoms with Gasteiger partial charge >= 0.3 is 12.0 Å². The minimum Gasteiger partial charge on any atom is -0.494 e. The van der Waals surface area contributed by atoms with Crippen LogP contribution in [0.4, 0.5) is 4.79 Å². The summed E-state index contributed by atoms with van der Waals surface area (Å²) in [6.45, 7) is 0.347. The molecule has 0 spiro atoms. The Hall–Kier alpha value is -3.35. The van der Waals surface area contributed by atoms with E-state index in [-0.39, 0.29) is 6.42 Å². The molecule has 3 amide bonds. The van der Waals surface area contributed by atoms with Crippen molar-refractivity contribution in [3.63, 3.8) is 0 Å². The van der Waals surface area contributed by atoms with Crippen LogP contribution in [0.2, 0.25) is 0 Å². The molecule has 0 saturated heterocycles. The summed E-state index contributed by atoms with van der Waals surface area (Å²) in [6.07, 6.45) is -0.679. The van der Waals surface area contributed by atoms with Gasteiger partial charge in [-0.3, -0.25) is 14.9 Å². The smallest absolute Gasteiger partial charge is 0.321 e. The molecule has 142 valence electrons. The number of benzene rings is 2. The van der Waals surface area contributed by atoms with E-state index in [0.717, 1.165) is 5.75 Å². The van der Waals surface area contributed by atoms with Crippen LogP contribution in [0.1, 0.15) is 24.5 Å². The third-order valence-electron chi connectivity index (χ3n) is 3.59. The van der Waals surface area contributed by atoms with E-state index in [0.29, 0.717) is 18.6 Å². The summed E-state index contributed by atoms with van der Waals surface area (Å²) in [7, 11) is 1.39. The van der Waals surface area contributed by atoms with Crippen molar-refractivity contribution in [1.29, 1.82) is 0 Å². The van der Waals surface area contributed by atoms with Gasteiger partial charge in [-0.2, -0.15) is 0 Å². The van der Waals surface area contributed by atoms with Crippen molar-refractivity contribution in [2.24, 2.45) is 0 Å². The summed E-state index contributed by atoms with van der Waals surface area (Å²) in [5.41, 5.74) is 0.479. The highest BCUT2D eigenvalue weighted by Crippen LogP contribution is 2.19. The number of esters is 1. The molecule has 0 bridgehead atoms. The fraction of sp³-hybridized carbons (Fsp3) is 0.250. The molecule has 2 aromatic rings. The topological polar surface area (TPSA) is 93.7 Å². The Labute approximate surface area is 157 Å². The number of hydrogen-bond acceptors (Lipinski definition) is 5. The molecular formula is C20H22N2O5. The van der Waals surface area contributed by atoms with Crippen LogP contribution in [0.5, 0.6) is 5.75 Å². The number of carbonyl (C=O) groups is 3. The maximum absolute atomic E-state index is 12.3. The van der Waals surface area contributed by atoms with Crippen LogP contribution in [0.25, 0.3) is 0 Å². The van der Waals surface area contributed by atoms with Gasteiger partial charge < -0.3 is 14.8 Å². The molecule has 1 unspecified atom stereocenters. The normalized spacial score (nSPS) is 11.1. The van der Waals surface area contributed by atoms with Crippen molar-refractivity contribution in [2.75, 3.05) is 13.7 Å². The van der Waals surface area contributed by atoms with Gasteiger partial charge in [-0.1, -0.05) is 48.5 Å². The van der Waals surface area contributed by atoms with Crippen molar-refractivity contribution in [1.82, 2.24) is 10.6 Å². The Balaban J connectivity index is 1.88. The van der Waals surface area contributed by atoms with E-state index in [1.54, 1.807) is 30.3 Å². The van der Waals surface area contributed by atoms with Gasteiger partial charge in [-0.25, -0.2) is 4.79 Å². The van der Waals surface area contributed by atoms with Crippen molar-refractivity contribution >= 4 is 17.9 Å². The SMILES string of the molecule is CNC(=O)NC(=O)C(OC(=O)CCCOc1ccccc1)c1ccccc1. The zero-order valence-electron chi connectivity index (χ0n) is 15.0. The van der Waals surface area contributed by atoms with Gasteiger partial charge in [0.25, 0.3) is 5.91 Å². The van der Waals surface area contributed by atoms with Crippen molar-refractivity contribution < 1.29 is 23.9 Å². The Morgan fingerprint density at radius 3 is 2.22 bits per heavy atom. The standard InChI is InChI=1S/C20H22N2O5/c1-21-20(25)22-19(24)18(15-9-4-2-5-10-15)27-17(23)13-8-14-26-16-11-6-3-7-12-16/h2-7,9-12,18H,8,13-14H2,1H3,(H2,21,22,24,25). The van der Waals surface area contributed by atoms with Crippen LogP contribution in [0, 0.1) is 0 Å².